The van der Waals surface area contributed by atoms with E-state index in [4.69, 9.17) is 11.6 Å². The molecule has 1 saturated heterocycles. The Bertz CT molecular complexity index is 669. The van der Waals surface area contributed by atoms with Gasteiger partial charge in [0.2, 0.25) is 0 Å². The first kappa shape index (κ1) is 15.6. The Morgan fingerprint density at radius 3 is 2.55 bits per heavy atom. The minimum atomic E-state index is 0.0993. The van der Waals surface area contributed by atoms with Crippen LogP contribution < -0.4 is 4.90 Å². The topological polar surface area (TPSA) is 36.4 Å². The molecule has 0 N–H and O–H groups in total. The van der Waals surface area contributed by atoms with E-state index in [0.717, 1.165) is 28.0 Å². The summed E-state index contributed by atoms with van der Waals surface area (Å²) >= 11 is 8.09. The van der Waals surface area contributed by atoms with Gasteiger partial charge in [-0.3, -0.25) is 4.79 Å². The number of benzene rings is 1. The number of hydrogen-bond donors (Lipinski definition) is 0. The highest BCUT2D eigenvalue weighted by atomic mass is 127. The quantitative estimate of drug-likeness (QED) is 0.690. The fourth-order valence-electron chi connectivity index (χ4n) is 2.50. The van der Waals surface area contributed by atoms with Crippen molar-refractivity contribution >= 4 is 45.9 Å². The molecule has 6 heteroatoms. The van der Waals surface area contributed by atoms with E-state index in [0.29, 0.717) is 18.1 Å². The second-order valence-corrected chi connectivity index (χ2v) is 6.81. The van der Waals surface area contributed by atoms with Gasteiger partial charge in [0.1, 0.15) is 5.82 Å². The molecule has 0 unspecified atom stereocenters. The van der Waals surface area contributed by atoms with Crippen molar-refractivity contribution in [3.05, 3.63) is 56.8 Å². The minimum absolute atomic E-state index is 0.0993. The maximum atomic E-state index is 12.5. The standard InChI is InChI=1S/C16H15ClIN3O/c17-13-4-5-15(19-11-13)20-6-8-21(9-7-20)16(22)12-2-1-3-14(18)10-12/h1-5,10-11H,6-9H2. The summed E-state index contributed by atoms with van der Waals surface area (Å²) in [5, 5.41) is 0.635. The van der Waals surface area contributed by atoms with Gasteiger partial charge < -0.3 is 9.80 Å². The summed E-state index contributed by atoms with van der Waals surface area (Å²) in [5.41, 5.74) is 0.755. The molecule has 2 heterocycles. The molecule has 0 radical (unpaired) electrons. The summed E-state index contributed by atoms with van der Waals surface area (Å²) < 4.78 is 1.08. The van der Waals surface area contributed by atoms with E-state index in [1.165, 1.54) is 0 Å². The number of aromatic nitrogens is 1. The normalized spacial score (nSPS) is 15.0. The molecule has 3 rings (SSSR count). The molecular weight excluding hydrogens is 413 g/mol. The summed E-state index contributed by atoms with van der Waals surface area (Å²) in [4.78, 5) is 20.9. The van der Waals surface area contributed by atoms with Gasteiger partial charge >= 0.3 is 0 Å². The SMILES string of the molecule is O=C(c1cccc(I)c1)N1CCN(c2ccc(Cl)cn2)CC1. The molecule has 22 heavy (non-hydrogen) atoms. The molecule has 4 nitrogen and oxygen atoms in total. The van der Waals surface area contributed by atoms with Crippen LogP contribution in [0.2, 0.25) is 5.02 Å². The second-order valence-electron chi connectivity index (χ2n) is 5.12. The number of carbonyl (C=O) groups excluding carboxylic acids is 1. The largest absolute Gasteiger partial charge is 0.353 e. The van der Waals surface area contributed by atoms with E-state index in [1.54, 1.807) is 6.20 Å². The summed E-state index contributed by atoms with van der Waals surface area (Å²) in [6, 6.07) is 11.5. The van der Waals surface area contributed by atoms with Crippen molar-refractivity contribution in [2.24, 2.45) is 0 Å². The Morgan fingerprint density at radius 1 is 1.14 bits per heavy atom. The number of hydrogen-bond acceptors (Lipinski definition) is 3. The van der Waals surface area contributed by atoms with Crippen LogP contribution in [0.1, 0.15) is 10.4 Å². The number of rotatable bonds is 2. The third kappa shape index (κ3) is 3.52. The molecule has 114 valence electrons. The Balaban J connectivity index is 1.64. The molecule has 1 aromatic heterocycles. The van der Waals surface area contributed by atoms with Crippen molar-refractivity contribution in [1.82, 2.24) is 9.88 Å². The molecule has 0 spiro atoms. The van der Waals surface area contributed by atoms with Gasteiger partial charge in [-0.15, -0.1) is 0 Å². The van der Waals surface area contributed by atoms with E-state index in [-0.39, 0.29) is 5.91 Å². The first-order valence-corrected chi connectivity index (χ1v) is 8.50. The number of amides is 1. The van der Waals surface area contributed by atoms with E-state index in [9.17, 15) is 4.79 Å². The van der Waals surface area contributed by atoms with Crippen LogP contribution in [0.25, 0.3) is 0 Å². The lowest BCUT2D eigenvalue weighted by molar-refractivity contribution is 0.0746. The van der Waals surface area contributed by atoms with Gasteiger partial charge in [-0.25, -0.2) is 4.98 Å². The van der Waals surface area contributed by atoms with Crippen LogP contribution in [0.3, 0.4) is 0 Å². The number of nitrogens with zero attached hydrogens (tertiary/aromatic N) is 3. The predicted octanol–water partition coefficient (Wildman–Crippen LogP) is 3.30. The highest BCUT2D eigenvalue weighted by molar-refractivity contribution is 14.1. The predicted molar refractivity (Wildman–Crippen MR) is 96.5 cm³/mol. The van der Waals surface area contributed by atoms with E-state index >= 15 is 0 Å². The van der Waals surface area contributed by atoms with Gasteiger partial charge in [-0.2, -0.15) is 0 Å². The molecule has 0 saturated carbocycles. The van der Waals surface area contributed by atoms with Crippen LogP contribution in [0.15, 0.2) is 42.6 Å². The molecular formula is C16H15ClIN3O. The van der Waals surface area contributed by atoms with Crippen molar-refractivity contribution in [2.75, 3.05) is 31.1 Å². The average molecular weight is 428 g/mol. The Kier molecular flexibility index (Phi) is 4.83. The van der Waals surface area contributed by atoms with Gasteiger partial charge in [0.25, 0.3) is 5.91 Å². The van der Waals surface area contributed by atoms with Crippen LogP contribution in [0.4, 0.5) is 5.82 Å². The number of anilines is 1. The van der Waals surface area contributed by atoms with E-state index < -0.39 is 0 Å². The van der Waals surface area contributed by atoms with Gasteiger partial charge in [-0.1, -0.05) is 17.7 Å². The molecule has 1 aliphatic rings. The lowest BCUT2D eigenvalue weighted by Gasteiger charge is -2.35. The summed E-state index contributed by atoms with van der Waals surface area (Å²) in [5.74, 6) is 1.01. The van der Waals surface area contributed by atoms with Crippen molar-refractivity contribution in [3.8, 4) is 0 Å². The Morgan fingerprint density at radius 2 is 1.91 bits per heavy atom. The monoisotopic (exact) mass is 427 g/mol. The van der Waals surface area contributed by atoms with Crippen molar-refractivity contribution in [1.29, 1.82) is 0 Å². The molecule has 0 atom stereocenters. The number of pyridine rings is 1. The van der Waals surface area contributed by atoms with Crippen molar-refractivity contribution in [2.45, 2.75) is 0 Å². The molecule has 1 aromatic carbocycles. The second kappa shape index (κ2) is 6.83. The van der Waals surface area contributed by atoms with Gasteiger partial charge in [-0.05, 0) is 52.9 Å². The first-order valence-electron chi connectivity index (χ1n) is 7.05. The minimum Gasteiger partial charge on any atom is -0.353 e. The van der Waals surface area contributed by atoms with Crippen LogP contribution in [-0.4, -0.2) is 42.0 Å². The van der Waals surface area contributed by atoms with Crippen LogP contribution in [-0.2, 0) is 0 Å². The molecule has 0 aliphatic carbocycles. The fraction of sp³-hybridized carbons (Fsp3) is 0.250. The maximum Gasteiger partial charge on any atom is 0.254 e. The summed E-state index contributed by atoms with van der Waals surface area (Å²) in [6.07, 6.45) is 1.65. The lowest BCUT2D eigenvalue weighted by atomic mass is 10.2. The molecule has 1 aliphatic heterocycles. The smallest absolute Gasteiger partial charge is 0.254 e. The number of piperazine rings is 1. The van der Waals surface area contributed by atoms with Gasteiger partial charge in [0.15, 0.2) is 0 Å². The first-order chi connectivity index (χ1) is 10.6. The lowest BCUT2D eigenvalue weighted by Crippen LogP contribution is -2.49. The molecule has 1 fully saturated rings. The highest BCUT2D eigenvalue weighted by Gasteiger charge is 2.22. The molecule has 2 aromatic rings. The zero-order chi connectivity index (χ0) is 15.5. The number of halogens is 2. The maximum absolute atomic E-state index is 12.5. The summed E-state index contributed by atoms with van der Waals surface area (Å²) in [6.45, 7) is 2.97. The highest BCUT2D eigenvalue weighted by Crippen LogP contribution is 2.17. The Labute approximate surface area is 148 Å². The van der Waals surface area contributed by atoms with Gasteiger partial charge in [0, 0.05) is 41.5 Å². The zero-order valence-corrected chi connectivity index (χ0v) is 14.8. The fourth-order valence-corrected chi connectivity index (χ4v) is 3.15. The molecule has 0 bridgehead atoms. The average Bonchev–Trinajstić information content (AvgIpc) is 2.55. The Hall–Kier alpha value is -1.34. The van der Waals surface area contributed by atoms with Crippen LogP contribution in [0.5, 0.6) is 0 Å². The zero-order valence-electron chi connectivity index (χ0n) is 11.9. The van der Waals surface area contributed by atoms with Crippen molar-refractivity contribution in [3.63, 3.8) is 0 Å². The van der Waals surface area contributed by atoms with Crippen LogP contribution in [0, 0.1) is 3.57 Å². The van der Waals surface area contributed by atoms with Crippen LogP contribution >= 0.6 is 34.2 Å². The van der Waals surface area contributed by atoms with Crippen molar-refractivity contribution < 1.29 is 4.79 Å². The third-order valence-electron chi connectivity index (χ3n) is 3.67. The molecule has 1 amide bonds. The van der Waals surface area contributed by atoms with E-state index in [2.05, 4.69) is 32.5 Å². The third-order valence-corrected chi connectivity index (χ3v) is 4.57. The van der Waals surface area contributed by atoms with Gasteiger partial charge in [0.05, 0.1) is 5.02 Å². The van der Waals surface area contributed by atoms with E-state index in [1.807, 2.05) is 41.3 Å². The number of carbonyl (C=O) groups is 1. The summed E-state index contributed by atoms with van der Waals surface area (Å²) in [7, 11) is 0.